The van der Waals surface area contributed by atoms with Crippen molar-refractivity contribution in [1.82, 2.24) is 9.88 Å². The van der Waals surface area contributed by atoms with E-state index in [1.807, 2.05) is 17.0 Å². The standard InChI is InChI=1S/C20H31N3O/c1-16-7-12-23(13-8-16)19(24)17-5-6-18(21-15-17)22-11-4-9-20(2,3)10-14-22/h5-6,15-16H,4,7-14H2,1-3H3. The monoisotopic (exact) mass is 329 g/mol. The number of piperidine rings is 1. The van der Waals surface area contributed by atoms with Crippen molar-refractivity contribution in [3.8, 4) is 0 Å². The van der Waals surface area contributed by atoms with E-state index >= 15 is 0 Å². The lowest BCUT2D eigenvalue weighted by Gasteiger charge is -2.30. The van der Waals surface area contributed by atoms with Gasteiger partial charge in [0, 0.05) is 32.4 Å². The van der Waals surface area contributed by atoms with E-state index in [4.69, 9.17) is 0 Å². The minimum Gasteiger partial charge on any atom is -0.357 e. The van der Waals surface area contributed by atoms with Crippen LogP contribution in [0.5, 0.6) is 0 Å². The Morgan fingerprint density at radius 2 is 1.88 bits per heavy atom. The number of amides is 1. The molecule has 4 heteroatoms. The van der Waals surface area contributed by atoms with E-state index in [2.05, 4.69) is 30.7 Å². The molecule has 3 heterocycles. The second-order valence-electron chi connectivity index (χ2n) is 8.38. The van der Waals surface area contributed by atoms with Gasteiger partial charge in [-0.3, -0.25) is 4.79 Å². The molecule has 0 spiro atoms. The number of carbonyl (C=O) groups excluding carboxylic acids is 1. The first-order valence-electron chi connectivity index (χ1n) is 9.45. The lowest BCUT2D eigenvalue weighted by Crippen LogP contribution is -2.38. The molecule has 1 amide bonds. The highest BCUT2D eigenvalue weighted by molar-refractivity contribution is 5.94. The minimum absolute atomic E-state index is 0.137. The molecule has 0 N–H and O–H groups in total. The average Bonchev–Trinajstić information content (AvgIpc) is 2.76. The minimum atomic E-state index is 0.137. The Labute approximate surface area is 146 Å². The maximum Gasteiger partial charge on any atom is 0.255 e. The Morgan fingerprint density at radius 1 is 1.12 bits per heavy atom. The van der Waals surface area contributed by atoms with E-state index in [-0.39, 0.29) is 5.91 Å². The van der Waals surface area contributed by atoms with Gasteiger partial charge in [0.25, 0.3) is 5.91 Å². The average molecular weight is 329 g/mol. The molecule has 0 saturated carbocycles. The molecule has 0 aromatic carbocycles. The fourth-order valence-electron chi connectivity index (χ4n) is 3.75. The van der Waals surface area contributed by atoms with Crippen LogP contribution in [0.4, 0.5) is 5.82 Å². The molecule has 24 heavy (non-hydrogen) atoms. The first-order chi connectivity index (χ1) is 11.4. The van der Waals surface area contributed by atoms with Crippen LogP contribution in [0.15, 0.2) is 18.3 Å². The Bertz CT molecular complexity index is 559. The number of nitrogens with zero attached hydrogens (tertiary/aromatic N) is 3. The summed E-state index contributed by atoms with van der Waals surface area (Å²) in [4.78, 5) is 21.6. The summed E-state index contributed by atoms with van der Waals surface area (Å²) in [6, 6.07) is 3.98. The smallest absolute Gasteiger partial charge is 0.255 e. The number of hydrogen-bond acceptors (Lipinski definition) is 3. The Kier molecular flexibility index (Phi) is 5.12. The first kappa shape index (κ1) is 17.2. The summed E-state index contributed by atoms with van der Waals surface area (Å²) in [7, 11) is 0. The largest absolute Gasteiger partial charge is 0.357 e. The maximum absolute atomic E-state index is 12.6. The van der Waals surface area contributed by atoms with Crippen molar-refractivity contribution >= 4 is 11.7 Å². The number of likely N-dealkylation sites (tertiary alicyclic amines) is 1. The van der Waals surface area contributed by atoms with Crippen LogP contribution < -0.4 is 4.90 Å². The summed E-state index contributed by atoms with van der Waals surface area (Å²) >= 11 is 0. The normalized spacial score (nSPS) is 22.3. The van der Waals surface area contributed by atoms with Gasteiger partial charge in [-0.25, -0.2) is 4.98 Å². The van der Waals surface area contributed by atoms with Gasteiger partial charge in [-0.2, -0.15) is 0 Å². The Hall–Kier alpha value is -1.58. The second kappa shape index (κ2) is 7.12. The summed E-state index contributed by atoms with van der Waals surface area (Å²) in [5.41, 5.74) is 1.15. The highest BCUT2D eigenvalue weighted by atomic mass is 16.2. The zero-order valence-corrected chi connectivity index (χ0v) is 15.4. The molecule has 0 aliphatic carbocycles. The topological polar surface area (TPSA) is 36.4 Å². The molecule has 2 aliphatic heterocycles. The molecule has 0 radical (unpaired) electrons. The van der Waals surface area contributed by atoms with Crippen molar-refractivity contribution in [3.63, 3.8) is 0 Å². The SMILES string of the molecule is CC1CCN(C(=O)c2ccc(N3CCCC(C)(C)CC3)nc2)CC1. The van der Waals surface area contributed by atoms with E-state index in [1.165, 1.54) is 19.3 Å². The van der Waals surface area contributed by atoms with Crippen LogP contribution in [0.1, 0.15) is 63.2 Å². The van der Waals surface area contributed by atoms with E-state index in [1.54, 1.807) is 6.20 Å². The molecule has 2 aliphatic rings. The predicted octanol–water partition coefficient (Wildman–Crippen LogP) is 3.97. The molecule has 3 rings (SSSR count). The molecule has 4 nitrogen and oxygen atoms in total. The van der Waals surface area contributed by atoms with E-state index < -0.39 is 0 Å². The van der Waals surface area contributed by atoms with E-state index in [9.17, 15) is 4.79 Å². The van der Waals surface area contributed by atoms with Crippen LogP contribution in [-0.2, 0) is 0 Å². The highest BCUT2D eigenvalue weighted by Gasteiger charge is 2.24. The van der Waals surface area contributed by atoms with Crippen LogP contribution in [0.2, 0.25) is 0 Å². The third-order valence-corrected chi connectivity index (χ3v) is 5.73. The fraction of sp³-hybridized carbons (Fsp3) is 0.700. The van der Waals surface area contributed by atoms with E-state index in [0.29, 0.717) is 5.41 Å². The van der Waals surface area contributed by atoms with Gasteiger partial charge in [-0.05, 0) is 55.6 Å². The lowest BCUT2D eigenvalue weighted by atomic mass is 9.85. The van der Waals surface area contributed by atoms with E-state index in [0.717, 1.165) is 56.3 Å². The fourth-order valence-corrected chi connectivity index (χ4v) is 3.75. The van der Waals surface area contributed by atoms with Gasteiger partial charge in [-0.1, -0.05) is 20.8 Å². The molecule has 2 saturated heterocycles. The van der Waals surface area contributed by atoms with Crippen LogP contribution in [0.3, 0.4) is 0 Å². The number of anilines is 1. The number of hydrogen-bond donors (Lipinski definition) is 0. The van der Waals surface area contributed by atoms with Crippen molar-refractivity contribution in [2.75, 3.05) is 31.1 Å². The van der Waals surface area contributed by atoms with Gasteiger partial charge in [0.2, 0.25) is 0 Å². The lowest BCUT2D eigenvalue weighted by molar-refractivity contribution is 0.0697. The predicted molar refractivity (Wildman–Crippen MR) is 98.4 cm³/mol. The van der Waals surface area contributed by atoms with Crippen molar-refractivity contribution in [3.05, 3.63) is 23.9 Å². The second-order valence-corrected chi connectivity index (χ2v) is 8.38. The Balaban J connectivity index is 1.64. The van der Waals surface area contributed by atoms with Crippen LogP contribution in [0, 0.1) is 11.3 Å². The van der Waals surface area contributed by atoms with Crippen molar-refractivity contribution in [1.29, 1.82) is 0 Å². The highest BCUT2D eigenvalue weighted by Crippen LogP contribution is 2.31. The molecule has 2 fully saturated rings. The van der Waals surface area contributed by atoms with Crippen LogP contribution >= 0.6 is 0 Å². The molecular weight excluding hydrogens is 298 g/mol. The molecule has 0 unspecified atom stereocenters. The van der Waals surface area contributed by atoms with Gasteiger partial charge in [0.05, 0.1) is 5.56 Å². The summed E-state index contributed by atoms with van der Waals surface area (Å²) in [5.74, 6) is 1.89. The zero-order chi connectivity index (χ0) is 17.2. The zero-order valence-electron chi connectivity index (χ0n) is 15.4. The van der Waals surface area contributed by atoms with Crippen molar-refractivity contribution in [2.24, 2.45) is 11.3 Å². The molecule has 0 bridgehead atoms. The van der Waals surface area contributed by atoms with Crippen LogP contribution in [-0.4, -0.2) is 42.0 Å². The van der Waals surface area contributed by atoms with Gasteiger partial charge >= 0.3 is 0 Å². The third kappa shape index (κ3) is 4.08. The molecule has 1 aromatic rings. The maximum atomic E-state index is 12.6. The molecule has 132 valence electrons. The van der Waals surface area contributed by atoms with Gasteiger partial charge in [-0.15, -0.1) is 0 Å². The van der Waals surface area contributed by atoms with Crippen LogP contribution in [0.25, 0.3) is 0 Å². The molecule has 1 aromatic heterocycles. The molecular formula is C20H31N3O. The van der Waals surface area contributed by atoms with Crippen molar-refractivity contribution in [2.45, 2.75) is 52.9 Å². The quantitative estimate of drug-likeness (QED) is 0.824. The number of aromatic nitrogens is 1. The van der Waals surface area contributed by atoms with Gasteiger partial charge < -0.3 is 9.80 Å². The van der Waals surface area contributed by atoms with Crippen molar-refractivity contribution < 1.29 is 4.79 Å². The first-order valence-corrected chi connectivity index (χ1v) is 9.45. The number of pyridine rings is 1. The number of rotatable bonds is 2. The summed E-state index contributed by atoms with van der Waals surface area (Å²) in [6.45, 7) is 10.8. The summed E-state index contributed by atoms with van der Waals surface area (Å²) in [6.07, 6.45) is 7.67. The summed E-state index contributed by atoms with van der Waals surface area (Å²) in [5, 5.41) is 0. The third-order valence-electron chi connectivity index (χ3n) is 5.73. The van der Waals surface area contributed by atoms with Gasteiger partial charge in [0.15, 0.2) is 0 Å². The Morgan fingerprint density at radius 3 is 2.54 bits per heavy atom. The number of carbonyl (C=O) groups is 1. The summed E-state index contributed by atoms with van der Waals surface area (Å²) < 4.78 is 0. The molecule has 0 atom stereocenters. The van der Waals surface area contributed by atoms with Gasteiger partial charge in [0.1, 0.15) is 5.82 Å².